The first kappa shape index (κ1) is 15.4. The van der Waals surface area contributed by atoms with Crippen LogP contribution in [-0.2, 0) is 0 Å². The minimum Gasteiger partial charge on any atom is -0.349 e. The Hall–Kier alpha value is -1.69. The first-order chi connectivity index (χ1) is 8.64. The standard InChI is InChI=1S/C12H16ClN3O3/c1-7(12(2,3)4)15-11(17)8-5-6-14-10(13)9(8)16(18)19/h5-7H,1-4H3,(H,15,17). The molecule has 0 radical (unpaired) electrons. The molecule has 0 fully saturated rings. The van der Waals surface area contributed by atoms with E-state index in [1.54, 1.807) is 0 Å². The summed E-state index contributed by atoms with van der Waals surface area (Å²) >= 11 is 5.66. The fourth-order valence-electron chi connectivity index (χ4n) is 1.28. The molecule has 0 saturated carbocycles. The Morgan fingerprint density at radius 2 is 2.11 bits per heavy atom. The lowest BCUT2D eigenvalue weighted by Crippen LogP contribution is -2.41. The number of nitro groups is 1. The van der Waals surface area contributed by atoms with E-state index in [4.69, 9.17) is 11.6 Å². The fraction of sp³-hybridized carbons (Fsp3) is 0.500. The highest BCUT2D eigenvalue weighted by Gasteiger charge is 2.28. The van der Waals surface area contributed by atoms with E-state index in [-0.39, 0.29) is 22.2 Å². The molecule has 1 atom stereocenters. The van der Waals surface area contributed by atoms with Crippen molar-refractivity contribution in [1.82, 2.24) is 10.3 Å². The van der Waals surface area contributed by atoms with Gasteiger partial charge in [0, 0.05) is 12.2 Å². The molecule has 19 heavy (non-hydrogen) atoms. The van der Waals surface area contributed by atoms with Crippen LogP contribution < -0.4 is 5.32 Å². The van der Waals surface area contributed by atoms with Crippen LogP contribution in [0.1, 0.15) is 38.1 Å². The second-order valence-corrected chi connectivity index (χ2v) is 5.67. The van der Waals surface area contributed by atoms with Gasteiger partial charge in [0.25, 0.3) is 5.91 Å². The number of halogens is 1. The largest absolute Gasteiger partial charge is 0.349 e. The number of amides is 1. The van der Waals surface area contributed by atoms with Crippen LogP contribution in [0.3, 0.4) is 0 Å². The van der Waals surface area contributed by atoms with Gasteiger partial charge in [-0.3, -0.25) is 14.9 Å². The van der Waals surface area contributed by atoms with Crippen LogP contribution in [0.4, 0.5) is 5.69 Å². The number of rotatable bonds is 3. The van der Waals surface area contributed by atoms with E-state index in [2.05, 4.69) is 10.3 Å². The summed E-state index contributed by atoms with van der Waals surface area (Å²) in [6, 6.07) is 1.14. The van der Waals surface area contributed by atoms with Gasteiger partial charge < -0.3 is 5.32 Å². The van der Waals surface area contributed by atoms with E-state index in [1.807, 2.05) is 27.7 Å². The summed E-state index contributed by atoms with van der Waals surface area (Å²) < 4.78 is 0. The predicted molar refractivity (Wildman–Crippen MR) is 72.3 cm³/mol. The van der Waals surface area contributed by atoms with Gasteiger partial charge in [0.15, 0.2) is 0 Å². The first-order valence-electron chi connectivity index (χ1n) is 5.74. The molecule has 0 aliphatic rings. The van der Waals surface area contributed by atoms with E-state index >= 15 is 0 Å². The lowest BCUT2D eigenvalue weighted by Gasteiger charge is -2.28. The van der Waals surface area contributed by atoms with Gasteiger partial charge in [-0.2, -0.15) is 0 Å². The molecule has 1 N–H and O–H groups in total. The molecule has 7 heteroatoms. The summed E-state index contributed by atoms with van der Waals surface area (Å²) in [5.41, 5.74) is -0.703. The first-order valence-corrected chi connectivity index (χ1v) is 6.12. The van der Waals surface area contributed by atoms with Crippen molar-refractivity contribution in [2.75, 3.05) is 0 Å². The molecular formula is C12H16ClN3O3. The van der Waals surface area contributed by atoms with Gasteiger partial charge in [-0.1, -0.05) is 32.4 Å². The number of pyridine rings is 1. The molecule has 0 aliphatic carbocycles. The van der Waals surface area contributed by atoms with Gasteiger partial charge in [0.05, 0.1) is 4.92 Å². The van der Waals surface area contributed by atoms with Crippen LogP contribution in [-0.4, -0.2) is 21.9 Å². The average Bonchev–Trinajstić information content (AvgIpc) is 2.26. The van der Waals surface area contributed by atoms with Crippen molar-refractivity contribution < 1.29 is 9.72 Å². The Bertz CT molecular complexity index is 511. The third-order valence-corrected chi connectivity index (χ3v) is 3.23. The molecule has 0 aliphatic heterocycles. The number of hydrogen-bond donors (Lipinski definition) is 1. The summed E-state index contributed by atoms with van der Waals surface area (Å²) in [5.74, 6) is -0.529. The van der Waals surface area contributed by atoms with Crippen molar-refractivity contribution in [2.24, 2.45) is 5.41 Å². The maximum absolute atomic E-state index is 12.1. The minimum absolute atomic E-state index is 0.0823. The normalized spacial score (nSPS) is 12.9. The molecule has 0 bridgehead atoms. The van der Waals surface area contributed by atoms with E-state index in [9.17, 15) is 14.9 Å². The van der Waals surface area contributed by atoms with Crippen molar-refractivity contribution >= 4 is 23.2 Å². The summed E-state index contributed by atoms with van der Waals surface area (Å²) in [6.07, 6.45) is 1.27. The zero-order valence-electron chi connectivity index (χ0n) is 11.2. The Morgan fingerprint density at radius 3 is 2.58 bits per heavy atom. The van der Waals surface area contributed by atoms with Crippen molar-refractivity contribution in [3.63, 3.8) is 0 Å². The van der Waals surface area contributed by atoms with E-state index in [0.29, 0.717) is 0 Å². The summed E-state index contributed by atoms with van der Waals surface area (Å²) in [5, 5.41) is 13.4. The molecule has 1 unspecified atom stereocenters. The van der Waals surface area contributed by atoms with Crippen molar-refractivity contribution in [3.8, 4) is 0 Å². The van der Waals surface area contributed by atoms with Crippen LogP contribution in [0.2, 0.25) is 5.15 Å². The number of aromatic nitrogens is 1. The number of nitrogens with zero attached hydrogens (tertiary/aromatic N) is 2. The zero-order valence-corrected chi connectivity index (χ0v) is 12.0. The molecule has 1 rings (SSSR count). The van der Waals surface area contributed by atoms with Crippen molar-refractivity contribution in [3.05, 3.63) is 33.1 Å². The van der Waals surface area contributed by atoms with Crippen LogP contribution in [0.25, 0.3) is 0 Å². The molecule has 0 saturated heterocycles. The van der Waals surface area contributed by atoms with E-state index in [0.717, 1.165) is 0 Å². The fourth-order valence-corrected chi connectivity index (χ4v) is 1.50. The van der Waals surface area contributed by atoms with Gasteiger partial charge in [-0.15, -0.1) is 0 Å². The topological polar surface area (TPSA) is 85.1 Å². The van der Waals surface area contributed by atoms with Crippen molar-refractivity contribution in [2.45, 2.75) is 33.7 Å². The van der Waals surface area contributed by atoms with E-state index < -0.39 is 16.5 Å². The summed E-state index contributed by atoms with van der Waals surface area (Å²) in [6.45, 7) is 7.73. The van der Waals surface area contributed by atoms with E-state index in [1.165, 1.54) is 12.3 Å². The molecule has 1 amide bonds. The highest BCUT2D eigenvalue weighted by Crippen LogP contribution is 2.26. The smallest absolute Gasteiger partial charge is 0.319 e. The quantitative estimate of drug-likeness (QED) is 0.526. The molecule has 1 aromatic heterocycles. The molecule has 104 valence electrons. The summed E-state index contributed by atoms with van der Waals surface area (Å²) in [4.78, 5) is 25.9. The Labute approximate surface area is 116 Å². The Kier molecular flexibility index (Phi) is 4.47. The highest BCUT2D eigenvalue weighted by molar-refractivity contribution is 6.32. The lowest BCUT2D eigenvalue weighted by atomic mass is 9.88. The van der Waals surface area contributed by atoms with Crippen molar-refractivity contribution in [1.29, 1.82) is 0 Å². The molecule has 0 spiro atoms. The summed E-state index contributed by atoms with van der Waals surface area (Å²) in [7, 11) is 0. The Balaban J connectivity index is 3.08. The third kappa shape index (κ3) is 3.64. The average molecular weight is 286 g/mol. The number of carbonyl (C=O) groups excluding carboxylic acids is 1. The SMILES string of the molecule is CC(NC(=O)c1ccnc(Cl)c1[N+](=O)[O-])C(C)(C)C. The molecule has 6 nitrogen and oxygen atoms in total. The second-order valence-electron chi connectivity index (χ2n) is 5.32. The molecule has 1 heterocycles. The monoisotopic (exact) mass is 285 g/mol. The maximum Gasteiger partial charge on any atom is 0.319 e. The van der Waals surface area contributed by atoms with Crippen LogP contribution >= 0.6 is 11.6 Å². The second kappa shape index (κ2) is 5.52. The third-order valence-electron chi connectivity index (χ3n) is 2.95. The van der Waals surface area contributed by atoms with Crippen LogP contribution in [0, 0.1) is 15.5 Å². The molecule has 1 aromatic rings. The predicted octanol–water partition coefficient (Wildman–Crippen LogP) is 2.81. The Morgan fingerprint density at radius 1 is 1.53 bits per heavy atom. The number of carbonyl (C=O) groups is 1. The lowest BCUT2D eigenvalue weighted by molar-refractivity contribution is -0.385. The maximum atomic E-state index is 12.1. The van der Waals surface area contributed by atoms with Gasteiger partial charge in [-0.25, -0.2) is 4.98 Å². The van der Waals surface area contributed by atoms with Crippen LogP contribution in [0.15, 0.2) is 12.3 Å². The van der Waals surface area contributed by atoms with Gasteiger partial charge in [0.2, 0.25) is 5.15 Å². The number of nitrogens with one attached hydrogen (secondary N) is 1. The minimum atomic E-state index is -0.702. The molecule has 0 aromatic carbocycles. The zero-order chi connectivity index (χ0) is 14.8. The highest BCUT2D eigenvalue weighted by atomic mass is 35.5. The van der Waals surface area contributed by atoms with Gasteiger partial charge in [0.1, 0.15) is 5.56 Å². The van der Waals surface area contributed by atoms with Gasteiger partial charge in [-0.05, 0) is 18.4 Å². The number of hydrogen-bond acceptors (Lipinski definition) is 4. The molecular weight excluding hydrogens is 270 g/mol. The van der Waals surface area contributed by atoms with Gasteiger partial charge >= 0.3 is 5.69 Å². The van der Waals surface area contributed by atoms with Crippen LogP contribution in [0.5, 0.6) is 0 Å².